The number of allylic oxidation sites excluding steroid dienone is 2. The van der Waals surface area contributed by atoms with Crippen molar-refractivity contribution in [1.82, 2.24) is 29.7 Å². The number of nitrogens with two attached hydrogens (primary N) is 1. The Bertz CT molecular complexity index is 1730. The lowest BCUT2D eigenvalue weighted by Crippen LogP contribution is -2.21. The van der Waals surface area contributed by atoms with Crippen LogP contribution in [0, 0.1) is 6.92 Å². The molecule has 2 saturated heterocycles. The molecule has 0 radical (unpaired) electrons. The molecule has 0 amide bonds. The van der Waals surface area contributed by atoms with Crippen molar-refractivity contribution in [2.75, 3.05) is 13.2 Å². The van der Waals surface area contributed by atoms with Gasteiger partial charge >= 0.3 is 0 Å². The van der Waals surface area contributed by atoms with Gasteiger partial charge in [0.2, 0.25) is 0 Å². The van der Waals surface area contributed by atoms with Crippen LogP contribution in [0.5, 0.6) is 0 Å². The number of nitrogens with zero attached hydrogens (tertiary/aromatic N) is 7. The highest BCUT2D eigenvalue weighted by Gasteiger charge is 2.25. The molecule has 10 heteroatoms. The van der Waals surface area contributed by atoms with E-state index < -0.39 is 0 Å². The van der Waals surface area contributed by atoms with E-state index in [9.17, 15) is 0 Å². The van der Waals surface area contributed by atoms with Crippen LogP contribution >= 0.6 is 0 Å². The first-order chi connectivity index (χ1) is 22.5. The van der Waals surface area contributed by atoms with Gasteiger partial charge in [0.15, 0.2) is 17.9 Å². The molecule has 2 aliphatic rings. The number of ether oxygens (including phenoxy) is 2. The molecule has 0 spiro atoms. The number of aromatic nitrogens is 6. The van der Waals surface area contributed by atoms with E-state index in [1.54, 1.807) is 6.20 Å². The summed E-state index contributed by atoms with van der Waals surface area (Å²) in [5, 5.41) is 4.96. The fourth-order valence-electron chi connectivity index (χ4n) is 6.13. The molecule has 5 heterocycles. The standard InChI is InChI=1S/C36H44N8O2/c1-5-27(37)23(3)33(42-31-14-7-9-20-45-31)29-16-18-38-35(40-29)25-12-11-13-26(22-25)36-39-19-17-30(41-36)34-24(4)28(6-2)43-44(34)32-15-8-10-21-46-32/h11-13,16-19,22,31-32H,5-10,14-15,20-21,37H2,1-4H3. The van der Waals surface area contributed by atoms with Crippen LogP contribution in [0.3, 0.4) is 0 Å². The fraction of sp³-hybridized carbons (Fsp3) is 0.444. The highest BCUT2D eigenvalue weighted by atomic mass is 16.5. The van der Waals surface area contributed by atoms with Gasteiger partial charge in [-0.05, 0) is 94.5 Å². The summed E-state index contributed by atoms with van der Waals surface area (Å²) in [4.78, 5) is 24.3. The molecule has 2 fully saturated rings. The Morgan fingerprint density at radius 3 is 2.33 bits per heavy atom. The van der Waals surface area contributed by atoms with E-state index in [1.807, 2.05) is 61.1 Å². The highest BCUT2D eigenvalue weighted by molar-refractivity contribution is 6.11. The summed E-state index contributed by atoms with van der Waals surface area (Å²) < 4.78 is 14.1. The first-order valence-electron chi connectivity index (χ1n) is 16.6. The normalized spacial score (nSPS) is 19.6. The predicted molar refractivity (Wildman–Crippen MR) is 180 cm³/mol. The molecule has 2 N–H and O–H groups in total. The minimum Gasteiger partial charge on any atom is -0.402 e. The maximum Gasteiger partial charge on any atom is 0.159 e. The summed E-state index contributed by atoms with van der Waals surface area (Å²) in [6, 6.07) is 11.9. The number of hydrogen-bond acceptors (Lipinski definition) is 9. The van der Waals surface area contributed by atoms with Gasteiger partial charge < -0.3 is 15.2 Å². The molecular weight excluding hydrogens is 576 g/mol. The van der Waals surface area contributed by atoms with Crippen LogP contribution in [0.25, 0.3) is 34.2 Å². The summed E-state index contributed by atoms with van der Waals surface area (Å²) in [7, 11) is 0. The molecular formula is C36H44N8O2. The van der Waals surface area contributed by atoms with E-state index >= 15 is 0 Å². The minimum atomic E-state index is -0.201. The quantitative estimate of drug-likeness (QED) is 0.198. The lowest BCUT2D eigenvalue weighted by Gasteiger charge is -2.24. The molecule has 0 saturated carbocycles. The zero-order valence-electron chi connectivity index (χ0n) is 27.4. The van der Waals surface area contributed by atoms with Crippen LogP contribution < -0.4 is 5.73 Å². The van der Waals surface area contributed by atoms with Gasteiger partial charge in [0.05, 0.1) is 28.5 Å². The van der Waals surface area contributed by atoms with Crippen molar-refractivity contribution < 1.29 is 9.47 Å². The van der Waals surface area contributed by atoms with Crippen LogP contribution in [-0.2, 0) is 15.9 Å². The summed E-state index contributed by atoms with van der Waals surface area (Å²) in [6.45, 7) is 9.77. The molecule has 2 aliphatic heterocycles. The molecule has 0 bridgehead atoms. The Balaban J connectivity index is 1.35. The Hall–Kier alpha value is -4.28. The van der Waals surface area contributed by atoms with Crippen LogP contribution in [0.2, 0.25) is 0 Å². The van der Waals surface area contributed by atoms with Gasteiger partial charge in [0.25, 0.3) is 0 Å². The smallest absolute Gasteiger partial charge is 0.159 e. The maximum atomic E-state index is 6.41. The monoisotopic (exact) mass is 620 g/mol. The average Bonchev–Trinajstić information content (AvgIpc) is 3.46. The molecule has 46 heavy (non-hydrogen) atoms. The minimum absolute atomic E-state index is 0.0850. The summed E-state index contributed by atoms with van der Waals surface area (Å²) in [5.74, 6) is 1.21. The van der Waals surface area contributed by atoms with E-state index in [4.69, 9.17) is 35.3 Å². The lowest BCUT2D eigenvalue weighted by molar-refractivity contribution is -0.0386. The Labute approximate surface area is 271 Å². The van der Waals surface area contributed by atoms with E-state index in [0.717, 1.165) is 114 Å². The van der Waals surface area contributed by atoms with E-state index in [-0.39, 0.29) is 12.5 Å². The van der Waals surface area contributed by atoms with E-state index in [1.165, 1.54) is 0 Å². The topological polar surface area (TPSA) is 126 Å². The SMILES string of the molecule is CCC(N)=C(C)C(=NC1CCCCO1)c1ccnc(-c2cccc(-c3nccc(-c4c(C)c(CC)nn4C4CCCCO4)n3)c2)n1. The van der Waals surface area contributed by atoms with Gasteiger partial charge in [0.1, 0.15) is 6.23 Å². The average molecular weight is 621 g/mol. The number of hydrogen-bond donors (Lipinski definition) is 1. The van der Waals surface area contributed by atoms with Gasteiger partial charge in [-0.1, -0.05) is 32.0 Å². The summed E-state index contributed by atoms with van der Waals surface area (Å²) >= 11 is 0. The second-order valence-electron chi connectivity index (χ2n) is 12.0. The van der Waals surface area contributed by atoms with Crippen molar-refractivity contribution in [2.24, 2.45) is 10.7 Å². The van der Waals surface area contributed by atoms with Crippen molar-refractivity contribution in [1.29, 1.82) is 0 Å². The van der Waals surface area contributed by atoms with Crippen LogP contribution in [0.15, 0.2) is 65.1 Å². The van der Waals surface area contributed by atoms with Crippen LogP contribution in [0.1, 0.15) is 88.9 Å². The molecule has 2 atom stereocenters. The molecule has 6 rings (SSSR count). The van der Waals surface area contributed by atoms with Gasteiger partial charge in [0, 0.05) is 42.4 Å². The zero-order chi connectivity index (χ0) is 32.0. The first-order valence-corrected chi connectivity index (χ1v) is 16.6. The second-order valence-corrected chi connectivity index (χ2v) is 12.0. The van der Waals surface area contributed by atoms with E-state index in [2.05, 4.69) is 23.8 Å². The third-order valence-corrected chi connectivity index (χ3v) is 8.83. The van der Waals surface area contributed by atoms with Gasteiger partial charge in [-0.25, -0.2) is 24.6 Å². The Morgan fingerprint density at radius 1 is 0.935 bits per heavy atom. The molecule has 4 aromatic rings. The molecule has 0 aliphatic carbocycles. The summed E-state index contributed by atoms with van der Waals surface area (Å²) in [6.07, 6.45) is 11.1. The third kappa shape index (κ3) is 6.78. The van der Waals surface area contributed by atoms with Crippen molar-refractivity contribution >= 4 is 5.71 Å². The van der Waals surface area contributed by atoms with Gasteiger partial charge in [-0.2, -0.15) is 5.10 Å². The third-order valence-electron chi connectivity index (χ3n) is 8.83. The Kier molecular flexibility index (Phi) is 9.94. The maximum absolute atomic E-state index is 6.41. The van der Waals surface area contributed by atoms with E-state index in [0.29, 0.717) is 18.3 Å². The molecule has 240 valence electrons. The molecule has 1 aromatic carbocycles. The first kappa shape index (κ1) is 31.7. The van der Waals surface area contributed by atoms with Crippen molar-refractivity contribution in [3.8, 4) is 34.2 Å². The summed E-state index contributed by atoms with van der Waals surface area (Å²) in [5.41, 5.74) is 15.3. The van der Waals surface area contributed by atoms with Crippen molar-refractivity contribution in [3.05, 3.63) is 77.0 Å². The van der Waals surface area contributed by atoms with Crippen molar-refractivity contribution in [3.63, 3.8) is 0 Å². The molecule has 10 nitrogen and oxygen atoms in total. The van der Waals surface area contributed by atoms with Gasteiger partial charge in [-0.15, -0.1) is 0 Å². The highest BCUT2D eigenvalue weighted by Crippen LogP contribution is 2.33. The molecule has 2 unspecified atom stereocenters. The van der Waals surface area contributed by atoms with Crippen LogP contribution in [-0.4, -0.2) is 54.9 Å². The fourth-order valence-corrected chi connectivity index (χ4v) is 6.13. The number of aryl methyl sites for hydroxylation is 1. The lowest BCUT2D eigenvalue weighted by atomic mass is 10.0. The molecule has 3 aromatic heterocycles. The number of benzene rings is 1. The zero-order valence-corrected chi connectivity index (χ0v) is 27.4. The van der Waals surface area contributed by atoms with Gasteiger partial charge in [-0.3, -0.25) is 4.99 Å². The Morgan fingerprint density at radius 2 is 1.65 bits per heavy atom. The van der Waals surface area contributed by atoms with Crippen molar-refractivity contribution in [2.45, 2.75) is 91.5 Å². The second kappa shape index (κ2) is 14.4. The van der Waals surface area contributed by atoms with Crippen LogP contribution in [0.4, 0.5) is 0 Å². The number of aliphatic imine (C=N–C) groups is 1. The predicted octanol–water partition coefficient (Wildman–Crippen LogP) is 6.99. The largest absolute Gasteiger partial charge is 0.402 e. The number of rotatable bonds is 9.